The van der Waals surface area contributed by atoms with Crippen molar-refractivity contribution in [2.24, 2.45) is 0 Å². The molecule has 0 atom stereocenters. The number of carbonyl (C=O) groups excluding carboxylic acids is 3. The van der Waals surface area contributed by atoms with Gasteiger partial charge in [0.15, 0.2) is 6.61 Å². The number of amides is 2. The molecule has 1 aromatic heterocycles. The lowest BCUT2D eigenvalue weighted by Gasteiger charge is -2.20. The van der Waals surface area contributed by atoms with Gasteiger partial charge in [0.2, 0.25) is 5.91 Å². The van der Waals surface area contributed by atoms with Crippen molar-refractivity contribution in [3.8, 4) is 0 Å². The third kappa shape index (κ3) is 6.71. The van der Waals surface area contributed by atoms with Crippen LogP contribution < -0.4 is 5.32 Å². The molecule has 0 unspecified atom stereocenters. The molecule has 2 amide bonds. The highest BCUT2D eigenvalue weighted by molar-refractivity contribution is 7.09. The second kappa shape index (κ2) is 10.3. The maximum Gasteiger partial charge on any atom is 0.338 e. The van der Waals surface area contributed by atoms with Crippen LogP contribution in [0.1, 0.15) is 27.7 Å². The van der Waals surface area contributed by atoms with E-state index >= 15 is 0 Å². The zero-order chi connectivity index (χ0) is 19.6. The molecule has 0 bridgehead atoms. The number of nitrogens with zero attached hydrogens (tertiary/aromatic N) is 1. The fourth-order valence-electron chi connectivity index (χ4n) is 2.29. The molecule has 0 spiro atoms. The minimum atomic E-state index is -0.566. The van der Waals surface area contributed by atoms with Gasteiger partial charge in [0, 0.05) is 24.9 Å². The Morgan fingerprint density at radius 3 is 2.56 bits per heavy atom. The normalized spacial score (nSPS) is 10.1. The smallest absolute Gasteiger partial charge is 0.338 e. The Labute approximate surface area is 162 Å². The van der Waals surface area contributed by atoms with E-state index in [4.69, 9.17) is 4.74 Å². The Bertz CT molecular complexity index is 785. The van der Waals surface area contributed by atoms with E-state index in [9.17, 15) is 14.4 Å². The first kappa shape index (κ1) is 20.4. The predicted molar refractivity (Wildman–Crippen MR) is 104 cm³/mol. The van der Waals surface area contributed by atoms with Crippen LogP contribution in [-0.4, -0.2) is 35.8 Å². The standard InChI is InChI=1S/C20H22N2O4S/c1-3-10-22(13-18-5-4-11-27-18)19(24)14-26-20(25)17-8-6-16(7-9-17)12-21-15(2)23/h3-9,11H,1,10,12-14H2,2H3,(H,21,23). The Hall–Kier alpha value is -2.93. The molecule has 7 heteroatoms. The van der Waals surface area contributed by atoms with E-state index < -0.39 is 5.97 Å². The summed E-state index contributed by atoms with van der Waals surface area (Å²) in [5.41, 5.74) is 1.22. The molecule has 0 aliphatic heterocycles. The summed E-state index contributed by atoms with van der Waals surface area (Å²) < 4.78 is 5.14. The molecule has 0 fully saturated rings. The lowest BCUT2D eigenvalue weighted by atomic mass is 10.1. The molecule has 0 aliphatic carbocycles. The topological polar surface area (TPSA) is 75.7 Å². The SMILES string of the molecule is C=CCN(Cc1cccs1)C(=O)COC(=O)c1ccc(CNC(C)=O)cc1. The fourth-order valence-corrected chi connectivity index (χ4v) is 3.01. The van der Waals surface area contributed by atoms with Gasteiger partial charge in [-0.1, -0.05) is 24.3 Å². The summed E-state index contributed by atoms with van der Waals surface area (Å²) >= 11 is 1.56. The number of benzene rings is 1. The van der Waals surface area contributed by atoms with Crippen LogP contribution in [0.4, 0.5) is 0 Å². The second-order valence-electron chi connectivity index (χ2n) is 5.83. The van der Waals surface area contributed by atoms with Gasteiger partial charge in [-0.3, -0.25) is 9.59 Å². The largest absolute Gasteiger partial charge is 0.452 e. The average Bonchev–Trinajstić information content (AvgIpc) is 3.17. The molecule has 142 valence electrons. The predicted octanol–water partition coefficient (Wildman–Crippen LogP) is 2.76. The van der Waals surface area contributed by atoms with Crippen molar-refractivity contribution in [2.45, 2.75) is 20.0 Å². The van der Waals surface area contributed by atoms with Gasteiger partial charge in [0.25, 0.3) is 5.91 Å². The van der Waals surface area contributed by atoms with Gasteiger partial charge in [0.1, 0.15) is 0 Å². The van der Waals surface area contributed by atoms with Crippen LogP contribution in [0.5, 0.6) is 0 Å². The van der Waals surface area contributed by atoms with Crippen LogP contribution in [0, 0.1) is 0 Å². The van der Waals surface area contributed by atoms with Gasteiger partial charge in [-0.15, -0.1) is 17.9 Å². The van der Waals surface area contributed by atoms with Crippen molar-refractivity contribution >= 4 is 29.1 Å². The van der Waals surface area contributed by atoms with Gasteiger partial charge in [-0.2, -0.15) is 0 Å². The van der Waals surface area contributed by atoms with Gasteiger partial charge in [-0.25, -0.2) is 4.79 Å². The van der Waals surface area contributed by atoms with E-state index in [-0.39, 0.29) is 18.4 Å². The number of hydrogen-bond acceptors (Lipinski definition) is 5. The lowest BCUT2D eigenvalue weighted by Crippen LogP contribution is -2.34. The molecule has 1 N–H and O–H groups in total. The number of nitrogens with one attached hydrogen (secondary N) is 1. The first-order valence-corrected chi connectivity index (χ1v) is 9.29. The molecule has 6 nitrogen and oxygen atoms in total. The minimum Gasteiger partial charge on any atom is -0.452 e. The maximum atomic E-state index is 12.4. The van der Waals surface area contributed by atoms with Crippen LogP contribution >= 0.6 is 11.3 Å². The van der Waals surface area contributed by atoms with Crippen LogP contribution in [0.2, 0.25) is 0 Å². The van der Waals surface area contributed by atoms with Crippen LogP contribution in [0.15, 0.2) is 54.4 Å². The average molecular weight is 386 g/mol. The molecule has 0 saturated heterocycles. The van der Waals surface area contributed by atoms with E-state index in [2.05, 4.69) is 11.9 Å². The summed E-state index contributed by atoms with van der Waals surface area (Å²) in [5, 5.41) is 4.63. The minimum absolute atomic E-state index is 0.122. The van der Waals surface area contributed by atoms with E-state index in [1.54, 1.807) is 46.6 Å². The number of esters is 1. The molecular weight excluding hydrogens is 364 g/mol. The van der Waals surface area contributed by atoms with Gasteiger partial charge in [0.05, 0.1) is 12.1 Å². The second-order valence-corrected chi connectivity index (χ2v) is 6.86. The zero-order valence-electron chi connectivity index (χ0n) is 15.1. The highest BCUT2D eigenvalue weighted by atomic mass is 32.1. The highest BCUT2D eigenvalue weighted by Gasteiger charge is 2.16. The van der Waals surface area contributed by atoms with Crippen LogP contribution in [-0.2, 0) is 27.4 Å². The van der Waals surface area contributed by atoms with Gasteiger partial charge < -0.3 is 15.0 Å². The Kier molecular flexibility index (Phi) is 7.76. The molecule has 1 heterocycles. The van der Waals surface area contributed by atoms with E-state index in [0.717, 1.165) is 10.4 Å². The number of ether oxygens (including phenoxy) is 1. The molecule has 2 aromatic rings. The summed E-state index contributed by atoms with van der Waals surface area (Å²) in [6.45, 7) is 6.01. The van der Waals surface area contributed by atoms with Crippen LogP contribution in [0.3, 0.4) is 0 Å². The Morgan fingerprint density at radius 1 is 1.22 bits per heavy atom. The highest BCUT2D eigenvalue weighted by Crippen LogP contribution is 2.12. The van der Waals surface area contributed by atoms with Crippen molar-refractivity contribution < 1.29 is 19.1 Å². The summed E-state index contributed by atoms with van der Waals surface area (Å²) in [7, 11) is 0. The van der Waals surface area contributed by atoms with E-state index in [1.165, 1.54) is 6.92 Å². The van der Waals surface area contributed by atoms with Crippen molar-refractivity contribution in [1.29, 1.82) is 0 Å². The number of thiophene rings is 1. The third-order valence-corrected chi connectivity index (χ3v) is 4.55. The molecule has 27 heavy (non-hydrogen) atoms. The molecular formula is C20H22N2O4S. The summed E-state index contributed by atoms with van der Waals surface area (Å²) in [6.07, 6.45) is 1.64. The molecule has 0 saturated carbocycles. The lowest BCUT2D eigenvalue weighted by molar-refractivity contribution is -0.134. The van der Waals surface area contributed by atoms with Crippen molar-refractivity contribution in [3.63, 3.8) is 0 Å². The third-order valence-electron chi connectivity index (χ3n) is 3.69. The summed E-state index contributed by atoms with van der Waals surface area (Å²) in [4.78, 5) is 38.1. The first-order valence-electron chi connectivity index (χ1n) is 8.41. The fraction of sp³-hybridized carbons (Fsp3) is 0.250. The van der Waals surface area contributed by atoms with E-state index in [1.807, 2.05) is 17.5 Å². The Morgan fingerprint density at radius 2 is 1.96 bits per heavy atom. The monoisotopic (exact) mass is 386 g/mol. The van der Waals surface area contributed by atoms with Gasteiger partial charge >= 0.3 is 5.97 Å². The van der Waals surface area contributed by atoms with Crippen molar-refractivity contribution in [2.75, 3.05) is 13.2 Å². The summed E-state index contributed by atoms with van der Waals surface area (Å²) in [5.74, 6) is -0.966. The van der Waals surface area contributed by atoms with Crippen molar-refractivity contribution in [3.05, 3.63) is 70.4 Å². The molecule has 1 aromatic carbocycles. The Balaban J connectivity index is 1.87. The quantitative estimate of drug-likeness (QED) is 0.531. The summed E-state index contributed by atoms with van der Waals surface area (Å²) in [6, 6.07) is 10.5. The van der Waals surface area contributed by atoms with E-state index in [0.29, 0.717) is 25.2 Å². The molecule has 2 rings (SSSR count). The van der Waals surface area contributed by atoms with Gasteiger partial charge in [-0.05, 0) is 29.1 Å². The zero-order valence-corrected chi connectivity index (χ0v) is 16.0. The maximum absolute atomic E-state index is 12.4. The number of rotatable bonds is 9. The van der Waals surface area contributed by atoms with Crippen LogP contribution in [0.25, 0.3) is 0 Å². The molecule has 0 radical (unpaired) electrons. The first-order chi connectivity index (χ1) is 13.0. The number of carbonyl (C=O) groups is 3. The molecule has 0 aliphatic rings. The number of hydrogen-bond donors (Lipinski definition) is 1. The van der Waals surface area contributed by atoms with Crippen molar-refractivity contribution in [1.82, 2.24) is 10.2 Å².